The second kappa shape index (κ2) is 3.25. The molecule has 0 aromatic carbocycles. The van der Waals surface area contributed by atoms with Gasteiger partial charge < -0.3 is 0 Å². The van der Waals surface area contributed by atoms with Crippen LogP contribution in [-0.4, -0.2) is 20.9 Å². The van der Waals surface area contributed by atoms with Gasteiger partial charge in [0.2, 0.25) is 0 Å². The van der Waals surface area contributed by atoms with Gasteiger partial charge in [0.05, 0.1) is 17.4 Å². The quantitative estimate of drug-likeness (QED) is 0.737. The van der Waals surface area contributed by atoms with Gasteiger partial charge in [-0.15, -0.1) is 5.10 Å². The van der Waals surface area contributed by atoms with Crippen LogP contribution in [0.4, 0.5) is 8.78 Å². The van der Waals surface area contributed by atoms with Crippen molar-refractivity contribution in [1.82, 2.24) is 15.0 Å². The Bertz CT molecular complexity index is 405. The third-order valence-electron chi connectivity index (χ3n) is 3.70. The van der Waals surface area contributed by atoms with Crippen LogP contribution in [0.25, 0.3) is 0 Å². The molecule has 1 atom stereocenters. The van der Waals surface area contributed by atoms with E-state index in [1.165, 1.54) is 0 Å². The molecule has 0 N–H and O–H groups in total. The van der Waals surface area contributed by atoms with Gasteiger partial charge in [-0.25, -0.2) is 13.5 Å². The second-order valence-electron chi connectivity index (χ2n) is 5.19. The molecular weight excluding hydrogens is 212 g/mol. The monoisotopic (exact) mass is 227 g/mol. The van der Waals surface area contributed by atoms with Gasteiger partial charge in [0.1, 0.15) is 0 Å². The zero-order valence-corrected chi connectivity index (χ0v) is 9.29. The zero-order valence-electron chi connectivity index (χ0n) is 9.29. The molecule has 1 heterocycles. The standard InChI is InChI=1S/C11H15F2N3/c1-7-2-3-10-9(4-7)14-15-16(10)8-5-11(12,13)6-8/h7-8H,2-6H2,1H3. The van der Waals surface area contributed by atoms with E-state index in [0.717, 1.165) is 30.7 Å². The van der Waals surface area contributed by atoms with Crippen molar-refractivity contribution < 1.29 is 8.78 Å². The molecule has 5 heteroatoms. The maximum atomic E-state index is 12.8. The maximum absolute atomic E-state index is 12.8. The Balaban J connectivity index is 1.82. The van der Waals surface area contributed by atoms with Crippen molar-refractivity contribution in [3.63, 3.8) is 0 Å². The van der Waals surface area contributed by atoms with Crippen molar-refractivity contribution >= 4 is 0 Å². The fourth-order valence-electron chi connectivity index (χ4n) is 2.67. The number of aromatic nitrogens is 3. The van der Waals surface area contributed by atoms with E-state index in [9.17, 15) is 8.78 Å². The molecule has 1 unspecified atom stereocenters. The summed E-state index contributed by atoms with van der Waals surface area (Å²) < 4.78 is 27.4. The molecule has 0 amide bonds. The second-order valence-corrected chi connectivity index (χ2v) is 5.19. The first-order valence-corrected chi connectivity index (χ1v) is 5.86. The highest BCUT2D eigenvalue weighted by Crippen LogP contribution is 2.46. The van der Waals surface area contributed by atoms with Crippen LogP contribution in [0.1, 0.15) is 43.6 Å². The molecule has 2 aliphatic rings. The summed E-state index contributed by atoms with van der Waals surface area (Å²) in [6.45, 7) is 2.19. The van der Waals surface area contributed by atoms with Crippen molar-refractivity contribution in [2.75, 3.05) is 0 Å². The summed E-state index contributed by atoms with van der Waals surface area (Å²) in [5, 5.41) is 8.18. The summed E-state index contributed by atoms with van der Waals surface area (Å²) in [5.74, 6) is -1.84. The van der Waals surface area contributed by atoms with Crippen LogP contribution in [0.5, 0.6) is 0 Å². The summed E-state index contributed by atoms with van der Waals surface area (Å²) >= 11 is 0. The average Bonchev–Trinajstić information content (AvgIpc) is 2.56. The third-order valence-corrected chi connectivity index (χ3v) is 3.70. The van der Waals surface area contributed by atoms with Gasteiger partial charge in [-0.05, 0) is 25.2 Å². The highest BCUT2D eigenvalue weighted by Gasteiger charge is 2.47. The van der Waals surface area contributed by atoms with Crippen molar-refractivity contribution in [3.05, 3.63) is 11.4 Å². The number of hydrogen-bond donors (Lipinski definition) is 0. The van der Waals surface area contributed by atoms with E-state index < -0.39 is 5.92 Å². The van der Waals surface area contributed by atoms with E-state index >= 15 is 0 Å². The number of alkyl halides is 2. The molecule has 88 valence electrons. The Labute approximate surface area is 92.8 Å². The van der Waals surface area contributed by atoms with Gasteiger partial charge in [-0.1, -0.05) is 12.1 Å². The zero-order chi connectivity index (χ0) is 11.3. The van der Waals surface area contributed by atoms with Gasteiger partial charge in [-0.3, -0.25) is 0 Å². The molecule has 1 aromatic heterocycles. The van der Waals surface area contributed by atoms with E-state index in [4.69, 9.17) is 0 Å². The number of hydrogen-bond acceptors (Lipinski definition) is 2. The van der Waals surface area contributed by atoms with E-state index in [1.807, 2.05) is 0 Å². The number of fused-ring (bicyclic) bond motifs is 1. The molecular formula is C11H15F2N3. The van der Waals surface area contributed by atoms with Crippen LogP contribution in [-0.2, 0) is 12.8 Å². The van der Waals surface area contributed by atoms with Gasteiger partial charge >= 0.3 is 0 Å². The normalized spacial score (nSPS) is 28.6. The van der Waals surface area contributed by atoms with Crippen molar-refractivity contribution in [3.8, 4) is 0 Å². The highest BCUT2D eigenvalue weighted by atomic mass is 19.3. The first-order valence-electron chi connectivity index (χ1n) is 5.86. The largest absolute Gasteiger partial charge is 0.252 e. The molecule has 0 spiro atoms. The topological polar surface area (TPSA) is 30.7 Å². The van der Waals surface area contributed by atoms with Crippen LogP contribution in [0, 0.1) is 5.92 Å². The lowest BCUT2D eigenvalue weighted by Crippen LogP contribution is -2.38. The van der Waals surface area contributed by atoms with E-state index in [2.05, 4.69) is 17.2 Å². The minimum Gasteiger partial charge on any atom is -0.246 e. The van der Waals surface area contributed by atoms with Crippen LogP contribution in [0.3, 0.4) is 0 Å². The Kier molecular flexibility index (Phi) is 2.06. The fraction of sp³-hybridized carbons (Fsp3) is 0.818. The van der Waals surface area contributed by atoms with Gasteiger partial charge in [0.25, 0.3) is 5.92 Å². The fourth-order valence-corrected chi connectivity index (χ4v) is 2.67. The van der Waals surface area contributed by atoms with E-state index in [1.54, 1.807) is 4.68 Å². The molecule has 2 aliphatic carbocycles. The molecule has 1 aromatic rings. The molecule has 0 bridgehead atoms. The molecule has 1 fully saturated rings. The molecule has 0 saturated heterocycles. The van der Waals surface area contributed by atoms with Crippen LogP contribution < -0.4 is 0 Å². The Morgan fingerprint density at radius 3 is 2.81 bits per heavy atom. The molecule has 3 nitrogen and oxygen atoms in total. The highest BCUT2D eigenvalue weighted by molar-refractivity contribution is 5.16. The molecule has 1 saturated carbocycles. The summed E-state index contributed by atoms with van der Waals surface area (Å²) in [6.07, 6.45) is 2.85. The van der Waals surface area contributed by atoms with Crippen LogP contribution in [0.2, 0.25) is 0 Å². The van der Waals surface area contributed by atoms with E-state index in [-0.39, 0.29) is 18.9 Å². The Morgan fingerprint density at radius 2 is 2.12 bits per heavy atom. The molecule has 3 rings (SSSR count). The van der Waals surface area contributed by atoms with E-state index in [0.29, 0.717) is 5.92 Å². The first kappa shape index (κ1) is 10.2. The average molecular weight is 227 g/mol. The van der Waals surface area contributed by atoms with Gasteiger partial charge in [0, 0.05) is 12.8 Å². The number of rotatable bonds is 1. The lowest BCUT2D eigenvalue weighted by Gasteiger charge is -2.35. The smallest absolute Gasteiger partial charge is 0.246 e. The minimum absolute atomic E-state index is 0.0711. The summed E-state index contributed by atoms with van der Waals surface area (Å²) in [4.78, 5) is 0. The third kappa shape index (κ3) is 1.53. The van der Waals surface area contributed by atoms with Crippen LogP contribution in [0.15, 0.2) is 0 Å². The molecule has 0 aliphatic heterocycles. The lowest BCUT2D eigenvalue weighted by molar-refractivity contribution is -0.107. The van der Waals surface area contributed by atoms with Crippen molar-refractivity contribution in [2.45, 2.75) is 51.0 Å². The lowest BCUT2D eigenvalue weighted by atomic mass is 9.86. The number of halogens is 2. The SMILES string of the molecule is CC1CCc2c(nnn2C2CC(F)(F)C2)C1. The summed E-state index contributed by atoms with van der Waals surface area (Å²) in [5.41, 5.74) is 2.12. The Morgan fingerprint density at radius 1 is 1.38 bits per heavy atom. The predicted molar refractivity (Wildman–Crippen MR) is 54.4 cm³/mol. The Hall–Kier alpha value is -1.00. The van der Waals surface area contributed by atoms with Gasteiger partial charge in [-0.2, -0.15) is 0 Å². The summed E-state index contributed by atoms with van der Waals surface area (Å²) in [6, 6.07) is -0.125. The first-order chi connectivity index (χ1) is 7.55. The van der Waals surface area contributed by atoms with Crippen molar-refractivity contribution in [2.24, 2.45) is 5.92 Å². The number of nitrogens with zero attached hydrogens (tertiary/aromatic N) is 3. The predicted octanol–water partition coefficient (Wildman–Crippen LogP) is 2.37. The summed E-state index contributed by atoms with van der Waals surface area (Å²) in [7, 11) is 0. The van der Waals surface area contributed by atoms with Crippen molar-refractivity contribution in [1.29, 1.82) is 0 Å². The minimum atomic E-state index is -2.48. The molecule has 0 radical (unpaired) electrons. The van der Waals surface area contributed by atoms with Crippen LogP contribution >= 0.6 is 0 Å². The molecule has 16 heavy (non-hydrogen) atoms. The van der Waals surface area contributed by atoms with Gasteiger partial charge in [0.15, 0.2) is 0 Å². The maximum Gasteiger partial charge on any atom is 0.252 e.